The third-order valence-electron chi connectivity index (χ3n) is 5.32. The lowest BCUT2D eigenvalue weighted by Crippen LogP contribution is -2.36. The van der Waals surface area contributed by atoms with Crippen LogP contribution < -0.4 is 15.0 Å². The van der Waals surface area contributed by atoms with Crippen LogP contribution in [0.2, 0.25) is 0 Å². The van der Waals surface area contributed by atoms with Crippen molar-refractivity contribution in [3.05, 3.63) is 83.9 Å². The first kappa shape index (κ1) is 20.5. The van der Waals surface area contributed by atoms with Crippen molar-refractivity contribution in [3.8, 4) is 5.75 Å². The van der Waals surface area contributed by atoms with Crippen molar-refractivity contribution >= 4 is 38.3 Å². The second-order valence-corrected chi connectivity index (χ2v) is 8.50. The number of hydrogen-bond acceptors (Lipinski definition) is 6. The highest BCUT2D eigenvalue weighted by Crippen LogP contribution is 2.31. The van der Waals surface area contributed by atoms with Crippen molar-refractivity contribution < 1.29 is 14.3 Å². The van der Waals surface area contributed by atoms with Crippen LogP contribution in [0.3, 0.4) is 0 Å². The molecule has 1 saturated heterocycles. The predicted molar refractivity (Wildman–Crippen MR) is 128 cm³/mol. The predicted octanol–water partition coefficient (Wildman–Crippen LogP) is 4.96. The zero-order valence-corrected chi connectivity index (χ0v) is 18.3. The number of carbonyl (C=O) groups is 1. The number of fused-ring (bicyclic) bond motifs is 1. The van der Waals surface area contributed by atoms with Crippen molar-refractivity contribution in [1.82, 2.24) is 4.98 Å². The molecular weight excluding hydrogens is 422 g/mol. The van der Waals surface area contributed by atoms with E-state index >= 15 is 0 Å². The maximum Gasteiger partial charge on any atom is 0.256 e. The van der Waals surface area contributed by atoms with E-state index in [1.54, 1.807) is 11.3 Å². The first-order chi connectivity index (χ1) is 15.8. The highest BCUT2D eigenvalue weighted by atomic mass is 32.1. The third-order valence-corrected chi connectivity index (χ3v) is 6.40. The number of amides is 1. The van der Waals surface area contributed by atoms with Gasteiger partial charge < -0.3 is 19.7 Å². The lowest BCUT2D eigenvalue weighted by molar-refractivity contribution is 0.102. The first-order valence-electron chi connectivity index (χ1n) is 10.6. The highest BCUT2D eigenvalue weighted by Gasteiger charge is 2.16. The van der Waals surface area contributed by atoms with Crippen LogP contribution in [-0.2, 0) is 11.3 Å². The van der Waals surface area contributed by atoms with Gasteiger partial charge in [-0.15, -0.1) is 0 Å². The van der Waals surface area contributed by atoms with E-state index in [-0.39, 0.29) is 5.91 Å². The minimum atomic E-state index is -0.158. The summed E-state index contributed by atoms with van der Waals surface area (Å²) in [4.78, 5) is 20.0. The van der Waals surface area contributed by atoms with Crippen LogP contribution in [0.25, 0.3) is 10.2 Å². The molecule has 0 radical (unpaired) electrons. The van der Waals surface area contributed by atoms with Crippen molar-refractivity contribution in [2.24, 2.45) is 0 Å². The standard InChI is InChI=1S/C25H23N3O3S/c29-24(21-9-5-4-6-18(21)17-31-20-7-2-1-3-8-20)26-19-10-11-22-23(16-19)32-25(27-22)28-12-14-30-15-13-28/h1-11,16H,12-15,17H2,(H,26,29). The van der Waals surface area contributed by atoms with E-state index in [0.29, 0.717) is 12.2 Å². The van der Waals surface area contributed by atoms with E-state index in [1.807, 2.05) is 72.8 Å². The highest BCUT2D eigenvalue weighted by molar-refractivity contribution is 7.22. The van der Waals surface area contributed by atoms with Gasteiger partial charge in [0, 0.05) is 29.9 Å². The zero-order chi connectivity index (χ0) is 21.8. The number of nitrogens with one attached hydrogen (secondary N) is 1. The van der Waals surface area contributed by atoms with Gasteiger partial charge >= 0.3 is 0 Å². The van der Waals surface area contributed by atoms with Crippen LogP contribution >= 0.6 is 11.3 Å². The topological polar surface area (TPSA) is 63.7 Å². The quantitative estimate of drug-likeness (QED) is 0.454. The van der Waals surface area contributed by atoms with Crippen LogP contribution in [0.1, 0.15) is 15.9 Å². The molecule has 5 rings (SSSR count). The van der Waals surface area contributed by atoms with Crippen LogP contribution in [0.15, 0.2) is 72.8 Å². The smallest absolute Gasteiger partial charge is 0.256 e. The molecule has 6 nitrogen and oxygen atoms in total. The Morgan fingerprint density at radius 3 is 2.66 bits per heavy atom. The molecular formula is C25H23N3O3S. The normalized spacial score (nSPS) is 13.8. The van der Waals surface area contributed by atoms with Gasteiger partial charge in [0.25, 0.3) is 5.91 Å². The fraction of sp³-hybridized carbons (Fsp3) is 0.200. The largest absolute Gasteiger partial charge is 0.489 e. The van der Waals surface area contributed by atoms with E-state index in [0.717, 1.165) is 58.7 Å². The maximum atomic E-state index is 13.0. The molecule has 1 aromatic heterocycles. The number of rotatable bonds is 6. The van der Waals surface area contributed by atoms with Gasteiger partial charge in [0.05, 0.1) is 23.4 Å². The van der Waals surface area contributed by atoms with Crippen LogP contribution in [0.5, 0.6) is 5.75 Å². The molecule has 1 amide bonds. The van der Waals surface area contributed by atoms with E-state index in [4.69, 9.17) is 14.5 Å². The number of thiazole rings is 1. The Labute approximate surface area is 190 Å². The molecule has 4 aromatic rings. The Morgan fingerprint density at radius 1 is 1.03 bits per heavy atom. The molecule has 0 unspecified atom stereocenters. The molecule has 1 aliphatic heterocycles. The van der Waals surface area contributed by atoms with Gasteiger partial charge in [0.1, 0.15) is 12.4 Å². The maximum absolute atomic E-state index is 13.0. The second kappa shape index (κ2) is 9.38. The lowest BCUT2D eigenvalue weighted by Gasteiger charge is -2.25. The average Bonchev–Trinajstić information content (AvgIpc) is 3.28. The number of anilines is 2. The van der Waals surface area contributed by atoms with Crippen LogP contribution in [-0.4, -0.2) is 37.2 Å². The van der Waals surface area contributed by atoms with E-state index < -0.39 is 0 Å². The molecule has 2 heterocycles. The summed E-state index contributed by atoms with van der Waals surface area (Å²) in [7, 11) is 0. The summed E-state index contributed by atoms with van der Waals surface area (Å²) in [6.45, 7) is 3.48. The molecule has 1 fully saturated rings. The summed E-state index contributed by atoms with van der Waals surface area (Å²) in [5.74, 6) is 0.615. The number of benzene rings is 3. The summed E-state index contributed by atoms with van der Waals surface area (Å²) in [6, 6.07) is 22.9. The molecule has 1 N–H and O–H groups in total. The number of para-hydroxylation sites is 1. The van der Waals surface area contributed by atoms with E-state index in [1.165, 1.54) is 0 Å². The van der Waals surface area contributed by atoms with Crippen molar-refractivity contribution in [1.29, 1.82) is 0 Å². The van der Waals surface area contributed by atoms with Gasteiger partial charge in [-0.05, 0) is 36.4 Å². The Hall–Kier alpha value is -3.42. The van der Waals surface area contributed by atoms with Gasteiger partial charge in [-0.1, -0.05) is 47.7 Å². The van der Waals surface area contributed by atoms with E-state index in [9.17, 15) is 4.79 Å². The molecule has 3 aromatic carbocycles. The number of ether oxygens (including phenoxy) is 2. The van der Waals surface area contributed by atoms with Gasteiger partial charge in [0.2, 0.25) is 0 Å². The molecule has 162 valence electrons. The minimum Gasteiger partial charge on any atom is -0.489 e. The van der Waals surface area contributed by atoms with Gasteiger partial charge in [-0.2, -0.15) is 0 Å². The number of hydrogen-bond donors (Lipinski definition) is 1. The summed E-state index contributed by atoms with van der Waals surface area (Å²) < 4.78 is 12.3. The zero-order valence-electron chi connectivity index (χ0n) is 17.5. The van der Waals surface area contributed by atoms with Gasteiger partial charge in [0.15, 0.2) is 5.13 Å². The molecule has 1 aliphatic rings. The number of aromatic nitrogens is 1. The average molecular weight is 446 g/mol. The molecule has 0 spiro atoms. The van der Waals surface area contributed by atoms with Crippen molar-refractivity contribution in [2.45, 2.75) is 6.61 Å². The fourth-order valence-corrected chi connectivity index (χ4v) is 4.68. The fourth-order valence-electron chi connectivity index (χ4n) is 3.62. The Kier molecular flexibility index (Phi) is 6.00. The van der Waals surface area contributed by atoms with Gasteiger partial charge in [-0.25, -0.2) is 4.98 Å². The SMILES string of the molecule is O=C(Nc1ccc2nc(N3CCOCC3)sc2c1)c1ccccc1COc1ccccc1. The Bertz CT molecular complexity index is 1220. The molecule has 0 atom stereocenters. The molecule has 0 aliphatic carbocycles. The monoisotopic (exact) mass is 445 g/mol. The molecule has 7 heteroatoms. The summed E-state index contributed by atoms with van der Waals surface area (Å²) >= 11 is 1.64. The Morgan fingerprint density at radius 2 is 1.81 bits per heavy atom. The van der Waals surface area contributed by atoms with E-state index in [2.05, 4.69) is 10.2 Å². The minimum absolute atomic E-state index is 0.158. The van der Waals surface area contributed by atoms with Crippen LogP contribution in [0, 0.1) is 0 Å². The first-order valence-corrected chi connectivity index (χ1v) is 11.4. The molecule has 0 bridgehead atoms. The van der Waals surface area contributed by atoms with Crippen LogP contribution in [0.4, 0.5) is 10.8 Å². The summed E-state index contributed by atoms with van der Waals surface area (Å²) in [6.07, 6.45) is 0. The molecule has 32 heavy (non-hydrogen) atoms. The van der Waals surface area contributed by atoms with Gasteiger partial charge in [-0.3, -0.25) is 4.79 Å². The number of morpholine rings is 1. The van der Waals surface area contributed by atoms with Crippen molar-refractivity contribution in [3.63, 3.8) is 0 Å². The second-order valence-electron chi connectivity index (χ2n) is 7.49. The third kappa shape index (κ3) is 4.59. The summed E-state index contributed by atoms with van der Waals surface area (Å²) in [5.41, 5.74) is 3.12. The lowest BCUT2D eigenvalue weighted by atomic mass is 10.1. The number of carbonyl (C=O) groups excluding carboxylic acids is 1. The van der Waals surface area contributed by atoms with Crippen molar-refractivity contribution in [2.75, 3.05) is 36.5 Å². The molecule has 0 saturated carbocycles. The Balaban J connectivity index is 1.31. The number of nitrogens with zero attached hydrogens (tertiary/aromatic N) is 2. The summed E-state index contributed by atoms with van der Waals surface area (Å²) in [5, 5.41) is 4.02.